The van der Waals surface area contributed by atoms with Crippen LogP contribution in [0.2, 0.25) is 0 Å². The maximum Gasteiger partial charge on any atom is 0.251 e. The third kappa shape index (κ3) is 3.66. The van der Waals surface area contributed by atoms with E-state index >= 15 is 0 Å². The third-order valence-electron chi connectivity index (χ3n) is 3.05. The van der Waals surface area contributed by atoms with Crippen molar-refractivity contribution in [1.29, 1.82) is 0 Å². The van der Waals surface area contributed by atoms with E-state index < -0.39 is 0 Å². The van der Waals surface area contributed by atoms with Crippen molar-refractivity contribution in [3.63, 3.8) is 0 Å². The quantitative estimate of drug-likeness (QED) is 0.529. The zero-order valence-corrected chi connectivity index (χ0v) is 13.9. The number of nitrogens with one attached hydrogen (secondary N) is 2. The number of rotatable bonds is 5. The Morgan fingerprint density at radius 1 is 1.14 bits per heavy atom. The summed E-state index contributed by atoms with van der Waals surface area (Å²) in [5, 5.41) is 13.4. The Morgan fingerprint density at radius 2 is 1.91 bits per heavy atom. The van der Waals surface area contributed by atoms with Crippen LogP contribution in [0.1, 0.15) is 10.4 Å². The molecule has 2 N–H and O–H groups in total. The summed E-state index contributed by atoms with van der Waals surface area (Å²) in [6.07, 6.45) is 0. The minimum absolute atomic E-state index is 0.0960. The maximum absolute atomic E-state index is 12.1. The highest BCUT2D eigenvalue weighted by Crippen LogP contribution is 2.20. The van der Waals surface area contributed by atoms with Gasteiger partial charge in [0, 0.05) is 27.2 Å². The molecule has 3 aromatic rings. The molecule has 112 valence electrons. The molecule has 2 aromatic carbocycles. The Balaban J connectivity index is 1.50. The van der Waals surface area contributed by atoms with Gasteiger partial charge in [0.25, 0.3) is 5.91 Å². The van der Waals surface area contributed by atoms with E-state index in [0.29, 0.717) is 17.6 Å². The van der Waals surface area contributed by atoms with Crippen molar-refractivity contribution in [3.05, 3.63) is 52.5 Å². The summed E-state index contributed by atoms with van der Waals surface area (Å²) in [7, 11) is 0. The Bertz CT molecular complexity index is 788. The van der Waals surface area contributed by atoms with Crippen LogP contribution in [-0.4, -0.2) is 33.6 Å². The van der Waals surface area contributed by atoms with Gasteiger partial charge in [0.05, 0.1) is 0 Å². The first-order valence-corrected chi connectivity index (χ1v) is 8.47. The molecule has 3 rings (SSSR count). The summed E-state index contributed by atoms with van der Waals surface area (Å²) < 4.78 is 1.06. The number of hydrogen-bond acceptors (Lipinski definition) is 4. The fourth-order valence-corrected chi connectivity index (χ4v) is 2.98. The molecule has 0 saturated carbocycles. The molecule has 0 aliphatic heterocycles. The molecular weight excluding hydrogens is 364 g/mol. The summed E-state index contributed by atoms with van der Waals surface area (Å²) in [6, 6.07) is 13.4. The van der Waals surface area contributed by atoms with Crippen LogP contribution < -0.4 is 5.32 Å². The molecule has 22 heavy (non-hydrogen) atoms. The molecule has 0 aliphatic carbocycles. The van der Waals surface area contributed by atoms with E-state index in [-0.39, 0.29) is 5.91 Å². The first-order chi connectivity index (χ1) is 10.7. The maximum atomic E-state index is 12.1. The van der Waals surface area contributed by atoms with Crippen LogP contribution in [0.15, 0.2) is 51.8 Å². The Labute approximate surface area is 140 Å². The predicted molar refractivity (Wildman–Crippen MR) is 91.1 cm³/mol. The van der Waals surface area contributed by atoms with Gasteiger partial charge in [-0.3, -0.25) is 4.79 Å². The second kappa shape index (κ2) is 6.93. The average Bonchev–Trinajstić information content (AvgIpc) is 3.00. The summed E-state index contributed by atoms with van der Waals surface area (Å²) >= 11 is 5.12. The molecular formula is C15H13BrN4OS. The monoisotopic (exact) mass is 376 g/mol. The van der Waals surface area contributed by atoms with E-state index in [4.69, 9.17) is 0 Å². The normalized spacial score (nSPS) is 10.8. The molecule has 1 heterocycles. The standard InChI is InChI=1S/C15H13BrN4OS/c16-11-2-4-12(5-3-11)22-8-7-17-15(21)10-1-6-13-14(9-10)19-20-18-13/h1-6,9H,7-8H2,(H,17,21)(H,18,19,20). The fraction of sp³-hybridized carbons (Fsp3) is 0.133. The van der Waals surface area contributed by atoms with E-state index in [1.54, 1.807) is 30.0 Å². The van der Waals surface area contributed by atoms with Crippen LogP contribution >= 0.6 is 27.7 Å². The van der Waals surface area contributed by atoms with E-state index in [1.807, 2.05) is 12.1 Å². The van der Waals surface area contributed by atoms with Crippen LogP contribution in [0, 0.1) is 0 Å². The lowest BCUT2D eigenvalue weighted by atomic mass is 10.2. The van der Waals surface area contributed by atoms with Gasteiger partial charge in [0.2, 0.25) is 0 Å². The first kappa shape index (κ1) is 15.1. The number of aromatic amines is 1. The van der Waals surface area contributed by atoms with Gasteiger partial charge in [0.1, 0.15) is 11.0 Å². The average molecular weight is 377 g/mol. The highest BCUT2D eigenvalue weighted by atomic mass is 79.9. The molecule has 1 amide bonds. The van der Waals surface area contributed by atoms with Crippen molar-refractivity contribution < 1.29 is 4.79 Å². The van der Waals surface area contributed by atoms with Crippen molar-refractivity contribution in [2.45, 2.75) is 4.90 Å². The predicted octanol–water partition coefficient (Wildman–Crippen LogP) is 3.24. The Hall–Kier alpha value is -1.86. The second-order valence-electron chi connectivity index (χ2n) is 4.59. The number of thioether (sulfide) groups is 1. The largest absolute Gasteiger partial charge is 0.351 e. The molecule has 0 unspecified atom stereocenters. The molecule has 0 saturated heterocycles. The molecule has 0 spiro atoms. The molecule has 5 nitrogen and oxygen atoms in total. The summed E-state index contributed by atoms with van der Waals surface area (Å²) in [5.41, 5.74) is 2.04. The lowest BCUT2D eigenvalue weighted by Gasteiger charge is -2.05. The van der Waals surface area contributed by atoms with Crippen molar-refractivity contribution in [2.24, 2.45) is 0 Å². The zero-order chi connectivity index (χ0) is 15.4. The molecule has 0 fully saturated rings. The van der Waals surface area contributed by atoms with Gasteiger partial charge in [-0.2, -0.15) is 15.4 Å². The van der Waals surface area contributed by atoms with Crippen LogP contribution in [0.4, 0.5) is 0 Å². The number of hydrogen-bond donors (Lipinski definition) is 2. The van der Waals surface area contributed by atoms with Gasteiger partial charge < -0.3 is 5.32 Å². The van der Waals surface area contributed by atoms with Crippen LogP contribution in [0.5, 0.6) is 0 Å². The summed E-state index contributed by atoms with van der Waals surface area (Å²) in [4.78, 5) is 13.3. The van der Waals surface area contributed by atoms with E-state index in [0.717, 1.165) is 15.7 Å². The van der Waals surface area contributed by atoms with Crippen molar-refractivity contribution >= 4 is 44.6 Å². The smallest absolute Gasteiger partial charge is 0.251 e. The third-order valence-corrected chi connectivity index (χ3v) is 4.59. The lowest BCUT2D eigenvalue weighted by Crippen LogP contribution is -2.25. The van der Waals surface area contributed by atoms with Crippen molar-refractivity contribution in [1.82, 2.24) is 20.7 Å². The minimum Gasteiger partial charge on any atom is -0.351 e. The van der Waals surface area contributed by atoms with Gasteiger partial charge in [0.15, 0.2) is 0 Å². The van der Waals surface area contributed by atoms with Gasteiger partial charge in [-0.1, -0.05) is 15.9 Å². The van der Waals surface area contributed by atoms with Crippen molar-refractivity contribution in [3.8, 4) is 0 Å². The molecule has 0 radical (unpaired) electrons. The van der Waals surface area contributed by atoms with Crippen LogP contribution in [0.3, 0.4) is 0 Å². The summed E-state index contributed by atoms with van der Waals surface area (Å²) in [5.74, 6) is 0.723. The fourth-order valence-electron chi connectivity index (χ4n) is 1.95. The van der Waals surface area contributed by atoms with E-state index in [1.165, 1.54) is 4.90 Å². The zero-order valence-electron chi connectivity index (χ0n) is 11.5. The minimum atomic E-state index is -0.0960. The van der Waals surface area contributed by atoms with Crippen LogP contribution in [-0.2, 0) is 0 Å². The molecule has 7 heteroatoms. The van der Waals surface area contributed by atoms with Gasteiger partial charge >= 0.3 is 0 Å². The van der Waals surface area contributed by atoms with E-state index in [9.17, 15) is 4.79 Å². The molecule has 0 bridgehead atoms. The summed E-state index contributed by atoms with van der Waals surface area (Å²) in [6.45, 7) is 0.608. The first-order valence-electron chi connectivity index (χ1n) is 6.69. The number of fused-ring (bicyclic) bond motifs is 1. The number of H-pyrrole nitrogens is 1. The van der Waals surface area contributed by atoms with Gasteiger partial charge in [-0.05, 0) is 42.5 Å². The number of halogens is 1. The highest BCUT2D eigenvalue weighted by Gasteiger charge is 2.07. The number of benzene rings is 2. The number of carbonyl (C=O) groups excluding carboxylic acids is 1. The van der Waals surface area contributed by atoms with E-state index in [2.05, 4.69) is 48.8 Å². The van der Waals surface area contributed by atoms with Crippen LogP contribution in [0.25, 0.3) is 11.0 Å². The number of nitrogens with zero attached hydrogens (tertiary/aromatic N) is 2. The van der Waals surface area contributed by atoms with Gasteiger partial charge in [-0.25, -0.2) is 0 Å². The number of amides is 1. The van der Waals surface area contributed by atoms with Crippen molar-refractivity contribution in [2.75, 3.05) is 12.3 Å². The topological polar surface area (TPSA) is 70.7 Å². The molecule has 1 aromatic heterocycles. The van der Waals surface area contributed by atoms with Gasteiger partial charge in [-0.15, -0.1) is 11.8 Å². The highest BCUT2D eigenvalue weighted by molar-refractivity contribution is 9.10. The number of aromatic nitrogens is 3. The number of carbonyl (C=O) groups is 1. The second-order valence-corrected chi connectivity index (χ2v) is 6.67. The molecule has 0 aliphatic rings. The Kier molecular flexibility index (Phi) is 4.74. The Morgan fingerprint density at radius 3 is 2.73 bits per heavy atom. The SMILES string of the molecule is O=C(NCCSc1ccc(Br)cc1)c1ccc2n[nH]nc2c1. The molecule has 0 atom stereocenters. The lowest BCUT2D eigenvalue weighted by molar-refractivity contribution is 0.0956.